The van der Waals surface area contributed by atoms with Crippen LogP contribution in [0.3, 0.4) is 0 Å². The van der Waals surface area contributed by atoms with Crippen molar-refractivity contribution >= 4 is 15.9 Å². The highest BCUT2D eigenvalue weighted by atomic mass is 79.9. The maximum Gasteiger partial charge on any atom is 0.0207 e. The molecule has 1 N–H and O–H groups in total. The SMILES string of the molecule is CC(CNC1CC1)Cc1ccccc1Br. The Morgan fingerprint density at radius 3 is 2.80 bits per heavy atom. The van der Waals surface area contributed by atoms with E-state index in [4.69, 9.17) is 0 Å². The second kappa shape index (κ2) is 5.13. The van der Waals surface area contributed by atoms with Gasteiger partial charge in [-0.3, -0.25) is 0 Å². The van der Waals surface area contributed by atoms with E-state index in [2.05, 4.69) is 52.4 Å². The molecule has 1 aliphatic carbocycles. The van der Waals surface area contributed by atoms with Crippen molar-refractivity contribution in [2.75, 3.05) is 6.54 Å². The molecule has 0 aliphatic heterocycles. The van der Waals surface area contributed by atoms with Gasteiger partial charge in [-0.2, -0.15) is 0 Å². The topological polar surface area (TPSA) is 12.0 Å². The minimum absolute atomic E-state index is 0.712. The third-order valence-corrected chi connectivity index (χ3v) is 3.63. The van der Waals surface area contributed by atoms with E-state index in [9.17, 15) is 0 Å². The van der Waals surface area contributed by atoms with Gasteiger partial charge in [-0.25, -0.2) is 0 Å². The van der Waals surface area contributed by atoms with Crippen molar-refractivity contribution in [1.82, 2.24) is 5.32 Å². The summed E-state index contributed by atoms with van der Waals surface area (Å²) in [5.41, 5.74) is 1.42. The third-order valence-electron chi connectivity index (χ3n) is 2.86. The van der Waals surface area contributed by atoms with Crippen LogP contribution in [0.15, 0.2) is 28.7 Å². The van der Waals surface area contributed by atoms with E-state index in [0.29, 0.717) is 5.92 Å². The molecule has 0 spiro atoms. The van der Waals surface area contributed by atoms with E-state index in [-0.39, 0.29) is 0 Å². The van der Waals surface area contributed by atoms with Gasteiger partial charge in [0.1, 0.15) is 0 Å². The summed E-state index contributed by atoms with van der Waals surface area (Å²) in [6.45, 7) is 3.46. The van der Waals surface area contributed by atoms with Crippen molar-refractivity contribution in [2.45, 2.75) is 32.2 Å². The Bertz CT molecular complexity index is 320. The van der Waals surface area contributed by atoms with Crippen LogP contribution < -0.4 is 5.32 Å². The van der Waals surface area contributed by atoms with Gasteiger partial charge in [0.2, 0.25) is 0 Å². The summed E-state index contributed by atoms with van der Waals surface area (Å²) in [5.74, 6) is 0.712. The summed E-state index contributed by atoms with van der Waals surface area (Å²) in [7, 11) is 0. The zero-order chi connectivity index (χ0) is 10.7. The second-order valence-corrected chi connectivity index (χ2v) is 5.44. The van der Waals surface area contributed by atoms with Crippen LogP contribution in [0.2, 0.25) is 0 Å². The summed E-state index contributed by atoms with van der Waals surface area (Å²) in [4.78, 5) is 0. The first kappa shape index (κ1) is 11.2. The van der Waals surface area contributed by atoms with Crippen LogP contribution >= 0.6 is 15.9 Å². The maximum atomic E-state index is 3.60. The van der Waals surface area contributed by atoms with Gasteiger partial charge in [0.05, 0.1) is 0 Å². The molecule has 1 aromatic carbocycles. The van der Waals surface area contributed by atoms with Crippen LogP contribution in [0.1, 0.15) is 25.3 Å². The average molecular weight is 268 g/mol. The zero-order valence-corrected chi connectivity index (χ0v) is 10.8. The molecular formula is C13H18BrN. The molecule has 82 valence electrons. The largest absolute Gasteiger partial charge is 0.314 e. The van der Waals surface area contributed by atoms with Crippen molar-refractivity contribution in [1.29, 1.82) is 0 Å². The summed E-state index contributed by atoms with van der Waals surface area (Å²) in [6.07, 6.45) is 3.91. The first-order valence-corrected chi connectivity index (χ1v) is 6.52. The van der Waals surface area contributed by atoms with Gasteiger partial charge >= 0.3 is 0 Å². The molecule has 1 unspecified atom stereocenters. The standard InChI is InChI=1S/C13H18BrN/c1-10(9-15-12-6-7-12)8-11-4-2-3-5-13(11)14/h2-5,10,12,15H,6-9H2,1H3. The van der Waals surface area contributed by atoms with Gasteiger partial charge in [0.25, 0.3) is 0 Å². The number of hydrogen-bond donors (Lipinski definition) is 1. The quantitative estimate of drug-likeness (QED) is 0.863. The first-order chi connectivity index (χ1) is 7.25. The van der Waals surface area contributed by atoms with Gasteiger partial charge < -0.3 is 5.32 Å². The van der Waals surface area contributed by atoms with Crippen molar-refractivity contribution in [3.05, 3.63) is 34.3 Å². The van der Waals surface area contributed by atoms with Crippen LogP contribution in [-0.4, -0.2) is 12.6 Å². The van der Waals surface area contributed by atoms with Crippen LogP contribution in [0.5, 0.6) is 0 Å². The Labute approximate surface area is 100 Å². The van der Waals surface area contributed by atoms with E-state index in [1.165, 1.54) is 22.9 Å². The van der Waals surface area contributed by atoms with Crippen molar-refractivity contribution in [2.24, 2.45) is 5.92 Å². The minimum Gasteiger partial charge on any atom is -0.314 e. The summed E-state index contributed by atoms with van der Waals surface area (Å²) in [5, 5.41) is 3.58. The molecule has 1 aromatic rings. The summed E-state index contributed by atoms with van der Waals surface area (Å²) in [6, 6.07) is 9.34. The highest BCUT2D eigenvalue weighted by Crippen LogP contribution is 2.21. The van der Waals surface area contributed by atoms with Crippen molar-refractivity contribution in [3.8, 4) is 0 Å². The Morgan fingerprint density at radius 2 is 2.13 bits per heavy atom. The molecule has 0 saturated heterocycles. The minimum atomic E-state index is 0.712. The average Bonchev–Trinajstić information content (AvgIpc) is 3.02. The van der Waals surface area contributed by atoms with Gasteiger partial charge in [-0.1, -0.05) is 41.1 Å². The number of benzene rings is 1. The van der Waals surface area contributed by atoms with Crippen molar-refractivity contribution < 1.29 is 0 Å². The van der Waals surface area contributed by atoms with E-state index in [1.54, 1.807) is 0 Å². The molecule has 15 heavy (non-hydrogen) atoms. The normalized spacial score (nSPS) is 17.7. The lowest BCUT2D eigenvalue weighted by Gasteiger charge is -2.13. The predicted molar refractivity (Wildman–Crippen MR) is 68.0 cm³/mol. The van der Waals surface area contributed by atoms with Crippen LogP contribution in [0.25, 0.3) is 0 Å². The molecule has 0 heterocycles. The Kier molecular flexibility index (Phi) is 3.81. The molecule has 2 rings (SSSR count). The molecule has 1 aliphatic rings. The van der Waals surface area contributed by atoms with Crippen LogP contribution in [0, 0.1) is 5.92 Å². The van der Waals surface area contributed by atoms with Gasteiger partial charge in [0.15, 0.2) is 0 Å². The number of halogens is 1. The molecule has 1 fully saturated rings. The molecule has 0 bridgehead atoms. The van der Waals surface area contributed by atoms with E-state index >= 15 is 0 Å². The van der Waals surface area contributed by atoms with Crippen LogP contribution in [0.4, 0.5) is 0 Å². The first-order valence-electron chi connectivity index (χ1n) is 5.72. The lowest BCUT2D eigenvalue weighted by Crippen LogP contribution is -2.24. The highest BCUT2D eigenvalue weighted by molar-refractivity contribution is 9.10. The monoisotopic (exact) mass is 267 g/mol. The lowest BCUT2D eigenvalue weighted by atomic mass is 10.0. The highest BCUT2D eigenvalue weighted by Gasteiger charge is 2.20. The fourth-order valence-electron chi connectivity index (χ4n) is 1.77. The molecule has 0 radical (unpaired) electrons. The molecule has 1 nitrogen and oxygen atoms in total. The van der Waals surface area contributed by atoms with E-state index < -0.39 is 0 Å². The Hall–Kier alpha value is -0.340. The molecule has 0 amide bonds. The van der Waals surface area contributed by atoms with Gasteiger partial charge in [-0.15, -0.1) is 0 Å². The Morgan fingerprint density at radius 1 is 1.40 bits per heavy atom. The van der Waals surface area contributed by atoms with E-state index in [0.717, 1.165) is 19.0 Å². The predicted octanol–water partition coefficient (Wildman–Crippen LogP) is 3.38. The van der Waals surface area contributed by atoms with Gasteiger partial charge in [-0.05, 0) is 43.4 Å². The fraction of sp³-hybridized carbons (Fsp3) is 0.538. The molecule has 1 atom stereocenters. The smallest absolute Gasteiger partial charge is 0.0207 e. The number of nitrogens with one attached hydrogen (secondary N) is 1. The lowest BCUT2D eigenvalue weighted by molar-refractivity contribution is 0.508. The third kappa shape index (κ3) is 3.62. The van der Waals surface area contributed by atoms with E-state index in [1.807, 2.05) is 0 Å². The molecule has 2 heteroatoms. The van der Waals surface area contributed by atoms with Crippen molar-refractivity contribution in [3.63, 3.8) is 0 Å². The zero-order valence-electron chi connectivity index (χ0n) is 9.17. The fourth-order valence-corrected chi connectivity index (χ4v) is 2.21. The molecular weight excluding hydrogens is 250 g/mol. The molecule has 1 saturated carbocycles. The van der Waals surface area contributed by atoms with Crippen LogP contribution in [-0.2, 0) is 6.42 Å². The molecule has 0 aromatic heterocycles. The second-order valence-electron chi connectivity index (χ2n) is 4.58. The number of rotatable bonds is 5. The van der Waals surface area contributed by atoms with Gasteiger partial charge in [0, 0.05) is 10.5 Å². The summed E-state index contributed by atoms with van der Waals surface area (Å²) < 4.78 is 1.24. The summed E-state index contributed by atoms with van der Waals surface area (Å²) >= 11 is 3.60. The Balaban J connectivity index is 1.81. The number of hydrogen-bond acceptors (Lipinski definition) is 1. The maximum absolute atomic E-state index is 3.60.